The number of carbonyl (C=O) groups is 4. The molecule has 0 radical (unpaired) electrons. The molecule has 16 heteroatoms. The molecule has 0 amide bonds. The molecule has 3 heterocycles. The van der Waals surface area contributed by atoms with Crippen LogP contribution in [0.3, 0.4) is 0 Å². The van der Waals surface area contributed by atoms with Crippen molar-refractivity contribution in [2.45, 2.75) is 179 Å². The number of rotatable bonds is 12. The summed E-state index contributed by atoms with van der Waals surface area (Å²) in [4.78, 5) is 52.3. The quantitative estimate of drug-likeness (QED) is 0.147. The third kappa shape index (κ3) is 14.2. The molecule has 0 spiro atoms. The molecule has 3 rings (SSSR count). The first-order chi connectivity index (χ1) is 27.2. The number of aliphatic hydroxyl groups excluding tert-OH is 2. The number of likely N-dealkylation sites (N-methyl/N-ethyl adjacent to an activating group) is 1. The molecule has 3 aliphatic heterocycles. The highest BCUT2D eigenvalue weighted by atomic mass is 16.7. The maximum Gasteiger partial charge on any atom is 0.309 e. The first-order valence-corrected chi connectivity index (χ1v) is 20.4. The van der Waals surface area contributed by atoms with Gasteiger partial charge in [-0.15, -0.1) is 0 Å². The van der Waals surface area contributed by atoms with E-state index in [1.165, 1.54) is 14.0 Å². The fourth-order valence-electron chi connectivity index (χ4n) is 8.08. The van der Waals surface area contributed by atoms with Crippen LogP contribution >= 0.6 is 0 Å². The van der Waals surface area contributed by atoms with Gasteiger partial charge in [-0.2, -0.15) is 0 Å². The van der Waals surface area contributed by atoms with Gasteiger partial charge in [0.2, 0.25) is 0 Å². The molecule has 0 aromatic carbocycles. The van der Waals surface area contributed by atoms with Gasteiger partial charge >= 0.3 is 17.9 Å². The van der Waals surface area contributed by atoms with Gasteiger partial charge in [-0.1, -0.05) is 45.1 Å². The van der Waals surface area contributed by atoms with Crippen LogP contribution < -0.4 is 0 Å². The Morgan fingerprint density at radius 3 is 2.29 bits per heavy atom. The maximum atomic E-state index is 13.2. The molecule has 58 heavy (non-hydrogen) atoms. The second kappa shape index (κ2) is 22.7. The van der Waals surface area contributed by atoms with Crippen molar-refractivity contribution in [1.82, 2.24) is 4.90 Å². The Hall–Kier alpha value is -2.80. The third-order valence-electron chi connectivity index (χ3n) is 10.9. The van der Waals surface area contributed by atoms with Gasteiger partial charge in [-0.05, 0) is 66.0 Å². The topological polar surface area (TPSA) is 206 Å². The van der Waals surface area contributed by atoms with Gasteiger partial charge < -0.3 is 62.9 Å². The lowest BCUT2D eigenvalue weighted by Gasteiger charge is -2.50. The number of allylic oxidation sites excluding steroid dienone is 2. The van der Waals surface area contributed by atoms with E-state index in [-0.39, 0.29) is 31.6 Å². The normalized spacial score (nSPS) is 40.7. The van der Waals surface area contributed by atoms with E-state index in [4.69, 9.17) is 37.9 Å². The van der Waals surface area contributed by atoms with Crippen LogP contribution in [0.4, 0.5) is 0 Å². The lowest BCUT2D eigenvalue weighted by molar-refractivity contribution is -0.344. The summed E-state index contributed by atoms with van der Waals surface area (Å²) < 4.78 is 48.6. The molecule has 2 saturated heterocycles. The maximum absolute atomic E-state index is 13.2. The highest BCUT2D eigenvalue weighted by molar-refractivity contribution is 5.72. The monoisotopic (exact) mass is 827 g/mol. The molecule has 2 fully saturated rings. The average molecular weight is 828 g/mol. The first kappa shape index (κ1) is 49.6. The zero-order chi connectivity index (χ0) is 43.5. The van der Waals surface area contributed by atoms with Gasteiger partial charge in [0.25, 0.3) is 0 Å². The smallest absolute Gasteiger partial charge is 0.309 e. The summed E-state index contributed by atoms with van der Waals surface area (Å²) in [6, 6.07) is -0.782. The van der Waals surface area contributed by atoms with Gasteiger partial charge in [0.1, 0.15) is 42.4 Å². The second-order valence-electron chi connectivity index (χ2n) is 17.0. The summed E-state index contributed by atoms with van der Waals surface area (Å²) in [5.74, 6) is -2.82. The first-order valence-electron chi connectivity index (χ1n) is 20.4. The lowest BCUT2D eigenvalue weighted by atomic mass is 9.82. The van der Waals surface area contributed by atoms with E-state index < -0.39 is 121 Å². The Bertz CT molecular complexity index is 1390. The molecule has 3 aliphatic rings. The molecular weight excluding hydrogens is 758 g/mol. The second-order valence-corrected chi connectivity index (χ2v) is 17.0. The minimum atomic E-state index is -1.50. The summed E-state index contributed by atoms with van der Waals surface area (Å²) in [7, 11) is 4.86. The van der Waals surface area contributed by atoms with Crippen LogP contribution in [0, 0.1) is 17.8 Å². The van der Waals surface area contributed by atoms with Crippen molar-refractivity contribution in [3.05, 3.63) is 24.3 Å². The summed E-state index contributed by atoms with van der Waals surface area (Å²) >= 11 is 0. The van der Waals surface area contributed by atoms with Crippen molar-refractivity contribution in [1.29, 1.82) is 0 Å². The Kier molecular flexibility index (Phi) is 19.4. The molecule has 0 aromatic rings. The fourth-order valence-corrected chi connectivity index (χ4v) is 8.08. The number of hydrogen-bond donors (Lipinski definition) is 3. The fraction of sp³-hybridized carbons (Fsp3) is 0.810. The number of aldehydes is 1. The zero-order valence-corrected chi connectivity index (χ0v) is 36.1. The Morgan fingerprint density at radius 2 is 1.71 bits per heavy atom. The number of hydrogen-bond acceptors (Lipinski definition) is 16. The Balaban J connectivity index is 1.98. The molecule has 16 nitrogen and oxygen atoms in total. The number of carbonyl (C=O) groups excluding carboxylic acids is 4. The SMILES string of the molecule is CO[C@@H]1[C@@H](O[C@H]2O[C@H](C)[C@@H](O[C@@H]3C[C@@](C)(O)[C@H](OC(=O)CC(C)C)[C@H](C)O3)[C@H](N(C)C)[C@H]2O)[C@@H](CC=O)C[C@@H](C)C(O)/C=C/C=C/C[C@@H](C)OC(=O)C[C@H]1OC(C)=O. The summed E-state index contributed by atoms with van der Waals surface area (Å²) in [6.07, 6.45) is -4.11. The van der Waals surface area contributed by atoms with E-state index in [0.29, 0.717) is 12.7 Å². The standard InChI is InChI=1S/C42H69NO15/c1-23(2)19-32(47)56-40-27(6)53-34(22-42(40,8)50)57-37-26(5)54-41(36(49)35(37)43(9)10)58-38-29(17-18-44)20-24(3)30(46)16-14-12-13-15-25(4)52-33(48)21-31(39(38)51-11)55-28(7)45/h12-14,16,18,23-27,29-31,34-41,46,49-50H,15,17,19-22H2,1-11H3/b13-12+,16-14+/t24-,25-,26-,27+,29+,30?,31-,34-,35-,36-,37-,38+,39+,40-,41-,42-/m1/s1. The van der Waals surface area contributed by atoms with Gasteiger partial charge in [0.15, 0.2) is 18.7 Å². The highest BCUT2D eigenvalue weighted by Crippen LogP contribution is 2.38. The molecule has 0 aromatic heterocycles. The van der Waals surface area contributed by atoms with E-state index in [0.717, 1.165) is 0 Å². The van der Waals surface area contributed by atoms with Gasteiger partial charge in [-0.25, -0.2) is 0 Å². The molecule has 0 bridgehead atoms. The molecule has 3 N–H and O–H groups in total. The van der Waals surface area contributed by atoms with E-state index in [9.17, 15) is 34.5 Å². The average Bonchev–Trinajstić information content (AvgIpc) is 3.09. The van der Waals surface area contributed by atoms with Gasteiger partial charge in [-0.3, -0.25) is 14.4 Å². The summed E-state index contributed by atoms with van der Waals surface area (Å²) in [5, 5.41) is 34.6. The van der Waals surface area contributed by atoms with Crippen molar-refractivity contribution >= 4 is 24.2 Å². The van der Waals surface area contributed by atoms with Gasteiger partial charge in [0.05, 0.1) is 36.9 Å². The van der Waals surface area contributed by atoms with Crippen LogP contribution in [0.15, 0.2) is 24.3 Å². The van der Waals surface area contributed by atoms with Crippen molar-refractivity contribution in [2.24, 2.45) is 17.8 Å². The number of cyclic esters (lactones) is 1. The minimum absolute atomic E-state index is 0.0460. The van der Waals surface area contributed by atoms with Gasteiger partial charge in [0, 0.05) is 39.7 Å². The number of esters is 3. The van der Waals surface area contributed by atoms with Crippen molar-refractivity contribution < 1.29 is 72.4 Å². The Labute approximate surface area is 343 Å². The molecule has 1 unspecified atom stereocenters. The van der Waals surface area contributed by atoms with E-state index in [2.05, 4.69) is 0 Å². The van der Waals surface area contributed by atoms with Crippen LogP contribution in [0.25, 0.3) is 0 Å². The van der Waals surface area contributed by atoms with E-state index >= 15 is 0 Å². The lowest BCUT2D eigenvalue weighted by Crippen LogP contribution is -2.66. The molecule has 0 saturated carbocycles. The highest BCUT2D eigenvalue weighted by Gasteiger charge is 2.53. The predicted octanol–water partition coefficient (Wildman–Crippen LogP) is 3.01. The number of nitrogens with zero attached hydrogens (tertiary/aromatic N) is 1. The van der Waals surface area contributed by atoms with Crippen LogP contribution in [0.1, 0.15) is 93.9 Å². The van der Waals surface area contributed by atoms with Crippen LogP contribution in [0.2, 0.25) is 0 Å². The molecular formula is C42H69NO15. The number of methoxy groups -OCH3 is 1. The summed E-state index contributed by atoms with van der Waals surface area (Å²) in [5.41, 5.74) is -1.50. The van der Waals surface area contributed by atoms with E-state index in [1.807, 2.05) is 20.8 Å². The largest absolute Gasteiger partial charge is 0.462 e. The van der Waals surface area contributed by atoms with Crippen LogP contribution in [0.5, 0.6) is 0 Å². The number of ether oxygens (including phenoxy) is 8. The molecule has 16 atom stereocenters. The minimum Gasteiger partial charge on any atom is -0.462 e. The van der Waals surface area contributed by atoms with Crippen molar-refractivity contribution in [3.8, 4) is 0 Å². The van der Waals surface area contributed by atoms with Crippen LogP contribution in [-0.4, -0.2) is 151 Å². The third-order valence-corrected chi connectivity index (χ3v) is 10.9. The Morgan fingerprint density at radius 1 is 1.02 bits per heavy atom. The van der Waals surface area contributed by atoms with E-state index in [1.54, 1.807) is 71.0 Å². The van der Waals surface area contributed by atoms with Crippen molar-refractivity contribution in [3.63, 3.8) is 0 Å². The summed E-state index contributed by atoms with van der Waals surface area (Å²) in [6.45, 7) is 13.5. The molecule has 0 aliphatic carbocycles. The van der Waals surface area contributed by atoms with Crippen LogP contribution in [-0.2, 0) is 57.1 Å². The van der Waals surface area contributed by atoms with Crippen molar-refractivity contribution in [2.75, 3.05) is 21.2 Å². The molecule has 332 valence electrons. The predicted molar refractivity (Wildman–Crippen MR) is 210 cm³/mol. The number of aliphatic hydroxyl groups is 3. The zero-order valence-electron chi connectivity index (χ0n) is 36.1.